The van der Waals surface area contributed by atoms with Gasteiger partial charge in [-0.25, -0.2) is 13.4 Å². The maximum atomic E-state index is 12.6. The van der Waals surface area contributed by atoms with Crippen molar-refractivity contribution in [1.82, 2.24) is 13.9 Å². The summed E-state index contributed by atoms with van der Waals surface area (Å²) in [5, 5.41) is 12.4. The molecule has 0 aliphatic rings. The Morgan fingerprint density at radius 3 is 2.43 bits per heavy atom. The molecule has 0 spiro atoms. The summed E-state index contributed by atoms with van der Waals surface area (Å²) in [6, 6.07) is 14.7. The first-order chi connectivity index (χ1) is 14.3. The topological polar surface area (TPSA) is 108 Å². The highest BCUT2D eigenvalue weighted by molar-refractivity contribution is 7.99. The number of rotatable bonds is 7. The van der Waals surface area contributed by atoms with Crippen LogP contribution in [0.25, 0.3) is 0 Å². The molecule has 154 valence electrons. The number of anilines is 1. The first-order valence-electron chi connectivity index (χ1n) is 8.81. The van der Waals surface area contributed by atoms with Gasteiger partial charge in [-0.2, -0.15) is 9.57 Å². The van der Waals surface area contributed by atoms with Crippen molar-refractivity contribution >= 4 is 33.4 Å². The quantitative estimate of drug-likeness (QED) is 0.604. The van der Waals surface area contributed by atoms with E-state index in [2.05, 4.69) is 10.3 Å². The molecule has 0 unspecified atom stereocenters. The van der Waals surface area contributed by atoms with E-state index >= 15 is 0 Å². The van der Waals surface area contributed by atoms with Crippen LogP contribution in [-0.4, -0.2) is 41.8 Å². The van der Waals surface area contributed by atoms with Gasteiger partial charge < -0.3 is 9.88 Å². The highest BCUT2D eigenvalue weighted by Crippen LogP contribution is 2.26. The number of carbonyl (C=O) groups excluding carboxylic acids is 1. The van der Waals surface area contributed by atoms with Crippen LogP contribution in [0.5, 0.6) is 0 Å². The molecule has 1 aromatic heterocycles. The van der Waals surface area contributed by atoms with E-state index < -0.39 is 15.9 Å². The van der Waals surface area contributed by atoms with E-state index in [-0.39, 0.29) is 11.4 Å². The van der Waals surface area contributed by atoms with Crippen LogP contribution < -0.4 is 5.32 Å². The molecule has 8 nitrogen and oxygen atoms in total. The lowest BCUT2D eigenvalue weighted by atomic mass is 10.2. The minimum atomic E-state index is -3.84. The number of hydrogen-bond acceptors (Lipinski definition) is 6. The Balaban J connectivity index is 1.60. The Bertz CT molecular complexity index is 1180. The minimum Gasteiger partial charge on any atom is -0.329 e. The van der Waals surface area contributed by atoms with E-state index in [0.717, 1.165) is 14.4 Å². The maximum Gasteiger partial charge on any atom is 0.243 e. The number of nitrogens with one attached hydrogen (secondary N) is 1. The van der Waals surface area contributed by atoms with E-state index in [9.17, 15) is 13.2 Å². The number of imidazole rings is 1. The third-order valence-electron chi connectivity index (χ3n) is 4.18. The summed E-state index contributed by atoms with van der Waals surface area (Å²) < 4.78 is 28.1. The van der Waals surface area contributed by atoms with Gasteiger partial charge in [0.15, 0.2) is 5.16 Å². The fraction of sp³-hybridized carbons (Fsp3) is 0.150. The van der Waals surface area contributed by atoms with E-state index in [4.69, 9.17) is 5.26 Å². The van der Waals surface area contributed by atoms with Gasteiger partial charge in [0.2, 0.25) is 15.9 Å². The Kier molecular flexibility index (Phi) is 6.56. The summed E-state index contributed by atoms with van der Waals surface area (Å²) in [6.07, 6.45) is 3.58. The van der Waals surface area contributed by atoms with Gasteiger partial charge in [-0.15, -0.1) is 0 Å². The van der Waals surface area contributed by atoms with Crippen molar-refractivity contribution in [2.45, 2.75) is 14.9 Å². The fourth-order valence-corrected chi connectivity index (χ4v) is 4.46. The van der Waals surface area contributed by atoms with E-state index in [0.29, 0.717) is 11.3 Å². The monoisotopic (exact) mass is 441 g/mol. The third-order valence-corrected chi connectivity index (χ3v) is 7.08. The average molecular weight is 442 g/mol. The lowest BCUT2D eigenvalue weighted by molar-refractivity contribution is -0.116. The summed E-state index contributed by atoms with van der Waals surface area (Å²) in [5.41, 5.74) is 0.923. The van der Waals surface area contributed by atoms with Crippen LogP contribution in [0.15, 0.2) is 75.9 Å². The van der Waals surface area contributed by atoms with Crippen LogP contribution in [0.3, 0.4) is 0 Å². The van der Waals surface area contributed by atoms with Gasteiger partial charge in [-0.05, 0) is 48.5 Å². The van der Waals surface area contributed by atoms with Gasteiger partial charge in [-0.1, -0.05) is 11.8 Å². The molecule has 0 aliphatic carbocycles. The number of sulfonamides is 1. The Labute approximate surface area is 179 Å². The second-order valence-electron chi connectivity index (χ2n) is 6.39. The van der Waals surface area contributed by atoms with Gasteiger partial charge in [0.05, 0.1) is 23.1 Å². The maximum absolute atomic E-state index is 12.6. The molecule has 0 saturated carbocycles. The Hall–Kier alpha value is -3.13. The molecule has 0 atom stereocenters. The number of amides is 1. The first-order valence-corrected chi connectivity index (χ1v) is 11.1. The summed E-state index contributed by atoms with van der Waals surface area (Å²) in [6.45, 7) is -0.341. The predicted molar refractivity (Wildman–Crippen MR) is 113 cm³/mol. The zero-order valence-corrected chi connectivity index (χ0v) is 17.9. The molecule has 3 aromatic rings. The number of carbonyl (C=O) groups is 1. The van der Waals surface area contributed by atoms with Crippen LogP contribution >= 0.6 is 11.8 Å². The van der Waals surface area contributed by atoms with E-state index in [1.54, 1.807) is 18.3 Å². The molecule has 2 aromatic carbocycles. The molecule has 0 radical (unpaired) electrons. The van der Waals surface area contributed by atoms with Crippen LogP contribution in [-0.2, 0) is 21.9 Å². The van der Waals surface area contributed by atoms with E-state index in [1.165, 1.54) is 43.1 Å². The SMILES string of the molecule is CN(CC(=O)Nc1ccc(Sc2nccn2C)cc1)S(=O)(=O)c1ccc(C#N)cc1. The second-order valence-corrected chi connectivity index (χ2v) is 9.48. The van der Waals surface area contributed by atoms with Gasteiger partial charge >= 0.3 is 0 Å². The zero-order chi connectivity index (χ0) is 21.7. The van der Waals surface area contributed by atoms with Gasteiger partial charge in [0.1, 0.15) is 0 Å². The van der Waals surface area contributed by atoms with Crippen LogP contribution in [0.2, 0.25) is 0 Å². The lowest BCUT2D eigenvalue weighted by Crippen LogP contribution is -2.34. The third kappa shape index (κ3) is 5.07. The molecule has 1 heterocycles. The Morgan fingerprint density at radius 1 is 1.20 bits per heavy atom. The van der Waals surface area contributed by atoms with Crippen molar-refractivity contribution in [1.29, 1.82) is 5.26 Å². The van der Waals surface area contributed by atoms with E-state index in [1.807, 2.05) is 36.0 Å². The molecule has 0 fully saturated rings. The molecule has 30 heavy (non-hydrogen) atoms. The zero-order valence-electron chi connectivity index (χ0n) is 16.3. The van der Waals surface area contributed by atoms with Crippen LogP contribution in [0.4, 0.5) is 5.69 Å². The molecule has 1 amide bonds. The van der Waals surface area contributed by atoms with Gasteiger partial charge in [0, 0.05) is 37.1 Å². The molecule has 0 bridgehead atoms. The van der Waals surface area contributed by atoms with Crippen LogP contribution in [0, 0.1) is 11.3 Å². The van der Waals surface area contributed by atoms with Crippen molar-refractivity contribution in [2.24, 2.45) is 7.05 Å². The fourth-order valence-electron chi connectivity index (χ4n) is 2.53. The second kappa shape index (κ2) is 9.13. The van der Waals surface area contributed by atoms with Crippen molar-refractivity contribution in [3.63, 3.8) is 0 Å². The van der Waals surface area contributed by atoms with Crippen molar-refractivity contribution < 1.29 is 13.2 Å². The first kappa shape index (κ1) is 21.6. The van der Waals surface area contributed by atoms with Crippen molar-refractivity contribution in [3.8, 4) is 6.07 Å². The number of aromatic nitrogens is 2. The van der Waals surface area contributed by atoms with Crippen molar-refractivity contribution in [2.75, 3.05) is 18.9 Å². The summed E-state index contributed by atoms with van der Waals surface area (Å²) >= 11 is 1.49. The normalized spacial score (nSPS) is 11.3. The van der Waals surface area contributed by atoms with Crippen LogP contribution in [0.1, 0.15) is 5.56 Å². The van der Waals surface area contributed by atoms with Gasteiger partial charge in [0.25, 0.3) is 0 Å². The van der Waals surface area contributed by atoms with Crippen molar-refractivity contribution in [3.05, 3.63) is 66.5 Å². The van der Waals surface area contributed by atoms with Gasteiger partial charge in [-0.3, -0.25) is 4.79 Å². The lowest BCUT2D eigenvalue weighted by Gasteiger charge is -2.17. The number of aryl methyl sites for hydroxylation is 1. The number of hydrogen-bond donors (Lipinski definition) is 1. The number of likely N-dealkylation sites (N-methyl/N-ethyl adjacent to an activating group) is 1. The molecule has 10 heteroatoms. The molecule has 3 rings (SSSR count). The molecular weight excluding hydrogens is 422 g/mol. The molecule has 1 N–H and O–H groups in total. The number of nitriles is 1. The minimum absolute atomic E-state index is 0.0208. The summed E-state index contributed by atoms with van der Waals surface area (Å²) in [7, 11) is -0.599. The average Bonchev–Trinajstić information content (AvgIpc) is 3.13. The largest absolute Gasteiger partial charge is 0.329 e. The summed E-state index contributed by atoms with van der Waals surface area (Å²) in [4.78, 5) is 17.5. The summed E-state index contributed by atoms with van der Waals surface area (Å²) in [5.74, 6) is -0.459. The Morgan fingerprint density at radius 2 is 1.87 bits per heavy atom. The standard InChI is InChI=1S/C20H19N5O3S2/c1-24-12-11-22-20(24)29-17-7-5-16(6-8-17)23-19(26)14-25(2)30(27,28)18-9-3-15(13-21)4-10-18/h3-12H,14H2,1-2H3,(H,23,26). The smallest absolute Gasteiger partial charge is 0.243 e. The highest BCUT2D eigenvalue weighted by atomic mass is 32.2. The number of benzene rings is 2. The predicted octanol–water partition coefficient (Wildman–Crippen LogP) is 2.70. The molecular formula is C20H19N5O3S2. The molecule has 0 saturated heterocycles. The number of nitrogens with zero attached hydrogens (tertiary/aromatic N) is 4. The highest BCUT2D eigenvalue weighted by Gasteiger charge is 2.23. The molecule has 0 aliphatic heterocycles.